The summed E-state index contributed by atoms with van der Waals surface area (Å²) in [6.07, 6.45) is 0. The van der Waals surface area contributed by atoms with E-state index in [1.54, 1.807) is 30.3 Å². The van der Waals surface area contributed by atoms with Gasteiger partial charge in [0, 0.05) is 6.54 Å². The highest BCUT2D eigenvalue weighted by atomic mass is 35.5. The molecule has 0 fully saturated rings. The molecule has 1 aromatic carbocycles. The Morgan fingerprint density at radius 1 is 1.20 bits per heavy atom. The number of sulfonamides is 1. The van der Waals surface area contributed by atoms with Crippen LogP contribution in [0.15, 0.2) is 35.2 Å². The van der Waals surface area contributed by atoms with E-state index in [1.165, 1.54) is 0 Å². The van der Waals surface area contributed by atoms with Gasteiger partial charge in [-0.05, 0) is 18.1 Å². The van der Waals surface area contributed by atoms with Crippen molar-refractivity contribution in [1.29, 1.82) is 0 Å². The lowest BCUT2D eigenvalue weighted by molar-refractivity contribution is 0.560. The Morgan fingerprint density at radius 3 is 2.20 bits per heavy atom. The molecule has 0 unspecified atom stereocenters. The maximum Gasteiger partial charge on any atom is 0.240 e. The fourth-order valence-corrected chi connectivity index (χ4v) is 2.19. The summed E-state index contributed by atoms with van der Waals surface area (Å²) in [7, 11) is -3.31. The monoisotopic (exact) mass is 249 g/mol. The fraction of sp³-hybridized carbons (Fsp3) is 0.400. The molecular formula is C10H16ClNO2S. The van der Waals surface area contributed by atoms with Crippen LogP contribution in [0.3, 0.4) is 0 Å². The van der Waals surface area contributed by atoms with Crippen molar-refractivity contribution in [1.82, 2.24) is 4.72 Å². The van der Waals surface area contributed by atoms with Crippen LogP contribution in [-0.2, 0) is 10.0 Å². The van der Waals surface area contributed by atoms with Crippen LogP contribution in [0.25, 0.3) is 0 Å². The van der Waals surface area contributed by atoms with Gasteiger partial charge >= 0.3 is 0 Å². The van der Waals surface area contributed by atoms with Gasteiger partial charge in [-0.1, -0.05) is 32.0 Å². The maximum atomic E-state index is 11.6. The van der Waals surface area contributed by atoms with E-state index in [1.807, 2.05) is 13.8 Å². The first-order chi connectivity index (χ1) is 6.52. The van der Waals surface area contributed by atoms with Crippen LogP contribution in [0.2, 0.25) is 0 Å². The molecule has 0 heterocycles. The molecular weight excluding hydrogens is 234 g/mol. The second-order valence-corrected chi connectivity index (χ2v) is 5.33. The van der Waals surface area contributed by atoms with Crippen molar-refractivity contribution in [3.63, 3.8) is 0 Å². The van der Waals surface area contributed by atoms with Crippen molar-refractivity contribution in [3.8, 4) is 0 Å². The highest BCUT2D eigenvalue weighted by Gasteiger charge is 2.12. The minimum Gasteiger partial charge on any atom is -0.211 e. The van der Waals surface area contributed by atoms with Gasteiger partial charge in [-0.15, -0.1) is 12.4 Å². The highest BCUT2D eigenvalue weighted by molar-refractivity contribution is 7.89. The SMILES string of the molecule is CC(C)CNS(=O)(=O)c1ccccc1.Cl. The average Bonchev–Trinajstić information content (AvgIpc) is 2.16. The Kier molecular flexibility index (Phi) is 5.87. The van der Waals surface area contributed by atoms with Crippen LogP contribution < -0.4 is 4.72 Å². The molecule has 86 valence electrons. The first kappa shape index (κ1) is 14.4. The van der Waals surface area contributed by atoms with Crippen molar-refractivity contribution in [3.05, 3.63) is 30.3 Å². The van der Waals surface area contributed by atoms with Gasteiger partial charge in [-0.25, -0.2) is 13.1 Å². The van der Waals surface area contributed by atoms with Gasteiger partial charge in [0.2, 0.25) is 10.0 Å². The third-order valence-electron chi connectivity index (χ3n) is 1.74. The van der Waals surface area contributed by atoms with Gasteiger partial charge in [0.25, 0.3) is 0 Å². The van der Waals surface area contributed by atoms with Crippen molar-refractivity contribution < 1.29 is 8.42 Å². The lowest BCUT2D eigenvalue weighted by Gasteiger charge is -2.08. The predicted octanol–water partition coefficient (Wildman–Crippen LogP) is 2.04. The molecule has 0 aliphatic carbocycles. The average molecular weight is 250 g/mol. The lowest BCUT2D eigenvalue weighted by atomic mass is 10.2. The molecule has 1 aromatic rings. The molecule has 0 atom stereocenters. The molecule has 0 amide bonds. The Hall–Kier alpha value is -0.580. The maximum absolute atomic E-state index is 11.6. The summed E-state index contributed by atoms with van der Waals surface area (Å²) < 4.78 is 25.8. The van der Waals surface area contributed by atoms with Gasteiger partial charge in [0.1, 0.15) is 0 Å². The smallest absolute Gasteiger partial charge is 0.211 e. The topological polar surface area (TPSA) is 46.2 Å². The van der Waals surface area contributed by atoms with Crippen LogP contribution in [0, 0.1) is 5.92 Å². The van der Waals surface area contributed by atoms with Crippen LogP contribution in [0.5, 0.6) is 0 Å². The van der Waals surface area contributed by atoms with Crippen molar-refractivity contribution in [2.24, 2.45) is 5.92 Å². The number of nitrogens with one attached hydrogen (secondary N) is 1. The molecule has 5 heteroatoms. The van der Waals surface area contributed by atoms with E-state index in [2.05, 4.69) is 4.72 Å². The molecule has 0 aromatic heterocycles. The van der Waals surface area contributed by atoms with Crippen LogP contribution in [-0.4, -0.2) is 15.0 Å². The lowest BCUT2D eigenvalue weighted by Crippen LogP contribution is -2.27. The summed E-state index contributed by atoms with van der Waals surface area (Å²) in [5.74, 6) is 0.313. The zero-order chi connectivity index (χ0) is 10.6. The first-order valence-electron chi connectivity index (χ1n) is 4.57. The second-order valence-electron chi connectivity index (χ2n) is 3.56. The van der Waals surface area contributed by atoms with E-state index in [9.17, 15) is 8.42 Å². The third-order valence-corrected chi connectivity index (χ3v) is 3.17. The first-order valence-corrected chi connectivity index (χ1v) is 6.05. The number of hydrogen-bond donors (Lipinski definition) is 1. The summed E-state index contributed by atoms with van der Waals surface area (Å²) in [4.78, 5) is 0.320. The molecule has 0 radical (unpaired) electrons. The molecule has 0 spiro atoms. The Morgan fingerprint density at radius 2 is 1.73 bits per heavy atom. The minimum absolute atomic E-state index is 0. The highest BCUT2D eigenvalue weighted by Crippen LogP contribution is 2.07. The zero-order valence-corrected chi connectivity index (χ0v) is 10.4. The molecule has 1 rings (SSSR count). The molecule has 15 heavy (non-hydrogen) atoms. The van der Waals surface area contributed by atoms with Gasteiger partial charge in [0.15, 0.2) is 0 Å². The van der Waals surface area contributed by atoms with Crippen molar-refractivity contribution >= 4 is 22.4 Å². The Balaban J connectivity index is 0.00000196. The molecule has 1 N–H and O–H groups in total. The fourth-order valence-electron chi connectivity index (χ4n) is 0.959. The van der Waals surface area contributed by atoms with Crippen LogP contribution >= 0.6 is 12.4 Å². The van der Waals surface area contributed by atoms with E-state index in [0.29, 0.717) is 17.4 Å². The minimum atomic E-state index is -3.31. The Bertz CT molecular complexity index is 376. The van der Waals surface area contributed by atoms with Crippen molar-refractivity contribution in [2.75, 3.05) is 6.54 Å². The van der Waals surface area contributed by atoms with E-state index in [4.69, 9.17) is 0 Å². The normalized spacial score (nSPS) is 11.1. The van der Waals surface area contributed by atoms with Crippen molar-refractivity contribution in [2.45, 2.75) is 18.7 Å². The van der Waals surface area contributed by atoms with E-state index in [0.717, 1.165) is 0 Å². The number of halogens is 1. The largest absolute Gasteiger partial charge is 0.240 e. The Labute approximate surface area is 97.4 Å². The number of benzene rings is 1. The van der Waals surface area contributed by atoms with Gasteiger partial charge in [0.05, 0.1) is 4.90 Å². The molecule has 0 bridgehead atoms. The quantitative estimate of drug-likeness (QED) is 0.888. The summed E-state index contributed by atoms with van der Waals surface area (Å²) >= 11 is 0. The summed E-state index contributed by atoms with van der Waals surface area (Å²) in [5.41, 5.74) is 0. The molecule has 0 saturated carbocycles. The van der Waals surface area contributed by atoms with E-state index in [-0.39, 0.29) is 12.4 Å². The number of rotatable bonds is 4. The predicted molar refractivity (Wildman–Crippen MR) is 63.7 cm³/mol. The van der Waals surface area contributed by atoms with E-state index < -0.39 is 10.0 Å². The molecule has 0 saturated heterocycles. The zero-order valence-electron chi connectivity index (χ0n) is 8.80. The van der Waals surface area contributed by atoms with Crippen LogP contribution in [0.4, 0.5) is 0 Å². The standard InChI is InChI=1S/C10H15NO2S.ClH/c1-9(2)8-11-14(12,13)10-6-4-3-5-7-10;/h3-7,9,11H,8H2,1-2H3;1H. The molecule has 3 nitrogen and oxygen atoms in total. The van der Waals surface area contributed by atoms with Gasteiger partial charge in [-0.3, -0.25) is 0 Å². The van der Waals surface area contributed by atoms with E-state index >= 15 is 0 Å². The van der Waals surface area contributed by atoms with Gasteiger partial charge < -0.3 is 0 Å². The molecule has 0 aliphatic rings. The molecule has 0 aliphatic heterocycles. The summed E-state index contributed by atoms with van der Waals surface area (Å²) in [6.45, 7) is 4.40. The summed E-state index contributed by atoms with van der Waals surface area (Å²) in [6, 6.07) is 8.39. The summed E-state index contributed by atoms with van der Waals surface area (Å²) in [5, 5.41) is 0. The second kappa shape index (κ2) is 6.10. The number of hydrogen-bond acceptors (Lipinski definition) is 2. The van der Waals surface area contributed by atoms with Crippen LogP contribution in [0.1, 0.15) is 13.8 Å². The van der Waals surface area contributed by atoms with Gasteiger partial charge in [-0.2, -0.15) is 0 Å². The third kappa shape index (κ3) is 4.64.